The summed E-state index contributed by atoms with van der Waals surface area (Å²) in [4.78, 5) is 8.22. The third kappa shape index (κ3) is 8.89. The Morgan fingerprint density at radius 1 is 1.55 bits per heavy atom. The van der Waals surface area contributed by atoms with Crippen molar-refractivity contribution in [3.05, 3.63) is 0 Å². The summed E-state index contributed by atoms with van der Waals surface area (Å²) >= 11 is 0. The molecule has 0 rings (SSSR count). The third-order valence-corrected chi connectivity index (χ3v) is 1.34. The van der Waals surface area contributed by atoms with Crippen molar-refractivity contribution >= 4 is 37.8 Å². The molecule has 0 amide bonds. The zero-order valence-corrected chi connectivity index (χ0v) is 9.97. The van der Waals surface area contributed by atoms with E-state index in [0.29, 0.717) is 0 Å². The summed E-state index contributed by atoms with van der Waals surface area (Å²) < 4.78 is 14.4. The molecule has 0 aliphatic carbocycles. The number of aliphatic hydroxyl groups excluding tert-OH is 1. The van der Waals surface area contributed by atoms with Gasteiger partial charge in [0.2, 0.25) is 0 Å². The second-order valence-corrected chi connectivity index (χ2v) is 3.57. The van der Waals surface area contributed by atoms with E-state index in [0.717, 1.165) is 0 Å². The van der Waals surface area contributed by atoms with E-state index in [2.05, 4.69) is 4.52 Å². The van der Waals surface area contributed by atoms with Crippen molar-refractivity contribution in [3.8, 4) is 0 Å². The normalized spacial score (nSPS) is 12.2. The Hall–Kier alpha value is 0.980. The first-order chi connectivity index (χ1) is 4.48. The van der Waals surface area contributed by atoms with Crippen LogP contribution >= 0.6 is 8.25 Å². The van der Waals surface area contributed by atoms with Crippen molar-refractivity contribution in [2.24, 2.45) is 5.41 Å². The van der Waals surface area contributed by atoms with Crippen LogP contribution in [-0.4, -0.2) is 52.8 Å². The van der Waals surface area contributed by atoms with Crippen molar-refractivity contribution in [1.82, 2.24) is 0 Å². The monoisotopic (exact) mass is 190 g/mol. The van der Waals surface area contributed by atoms with Crippen molar-refractivity contribution < 1.29 is 19.1 Å². The van der Waals surface area contributed by atoms with E-state index < -0.39 is 13.7 Å². The molecular weight excluding hydrogens is 178 g/mol. The zero-order valence-electron chi connectivity index (χ0n) is 7.07. The summed E-state index contributed by atoms with van der Waals surface area (Å²) in [5.41, 5.74) is -0.437. The Morgan fingerprint density at radius 2 is 2.00 bits per heavy atom. The molecule has 0 aromatic carbocycles. The average Bonchev–Trinajstić information content (AvgIpc) is 1.85. The quantitative estimate of drug-likeness (QED) is 0.494. The van der Waals surface area contributed by atoms with E-state index in [1.54, 1.807) is 13.8 Å². The van der Waals surface area contributed by atoms with Gasteiger partial charge in [0.1, 0.15) is 6.61 Å². The number of hydrogen-bond acceptors (Lipinski definition) is 3. The van der Waals surface area contributed by atoms with Crippen LogP contribution in [-0.2, 0) is 9.09 Å². The molecule has 4 nitrogen and oxygen atoms in total. The SMILES string of the molecule is CC(C)(CO)CO[P+](=O)O.[Na]. The first-order valence-corrected chi connectivity index (χ1v) is 4.01. The van der Waals surface area contributed by atoms with Crippen LogP contribution in [0.2, 0.25) is 0 Å². The van der Waals surface area contributed by atoms with Gasteiger partial charge in [0.25, 0.3) is 0 Å². The van der Waals surface area contributed by atoms with E-state index in [-0.39, 0.29) is 42.8 Å². The molecule has 1 unspecified atom stereocenters. The number of aliphatic hydroxyl groups is 1. The first-order valence-electron chi connectivity index (χ1n) is 2.88. The number of hydrogen-bond donors (Lipinski definition) is 2. The molecule has 1 radical (unpaired) electrons. The van der Waals surface area contributed by atoms with Crippen molar-refractivity contribution in [2.75, 3.05) is 13.2 Å². The van der Waals surface area contributed by atoms with Crippen molar-refractivity contribution in [2.45, 2.75) is 13.8 Å². The number of rotatable bonds is 4. The maximum Gasteiger partial charge on any atom is 0.694 e. The van der Waals surface area contributed by atoms with E-state index >= 15 is 0 Å². The first kappa shape index (κ1) is 14.5. The van der Waals surface area contributed by atoms with Crippen LogP contribution in [0, 0.1) is 5.41 Å². The molecular formula is C5H12NaO4P+. The molecule has 6 heteroatoms. The second-order valence-electron chi connectivity index (χ2n) is 2.83. The molecule has 0 heterocycles. The topological polar surface area (TPSA) is 66.8 Å². The van der Waals surface area contributed by atoms with Gasteiger partial charge in [-0.15, -0.1) is 9.42 Å². The van der Waals surface area contributed by atoms with Gasteiger partial charge in [0, 0.05) is 39.5 Å². The summed E-state index contributed by atoms with van der Waals surface area (Å²) in [6, 6.07) is 0. The Kier molecular flexibility index (Phi) is 8.56. The molecule has 0 saturated carbocycles. The van der Waals surface area contributed by atoms with Crippen LogP contribution in [0.4, 0.5) is 0 Å². The van der Waals surface area contributed by atoms with Crippen LogP contribution < -0.4 is 0 Å². The Morgan fingerprint density at radius 3 is 2.27 bits per heavy atom. The minimum atomic E-state index is -2.53. The minimum absolute atomic E-state index is 0. The van der Waals surface area contributed by atoms with Gasteiger partial charge in [-0.3, -0.25) is 0 Å². The Balaban J connectivity index is 0. The molecule has 0 bridgehead atoms. The molecule has 0 spiro atoms. The summed E-state index contributed by atoms with van der Waals surface area (Å²) in [6.45, 7) is 3.52. The molecule has 61 valence electrons. The molecule has 2 N–H and O–H groups in total. The van der Waals surface area contributed by atoms with E-state index in [1.807, 2.05) is 0 Å². The molecule has 0 aromatic heterocycles. The maximum absolute atomic E-state index is 10.0. The average molecular weight is 190 g/mol. The predicted molar refractivity (Wildman–Crippen MR) is 42.4 cm³/mol. The standard InChI is InChI=1S/C5H11O4P.Na/c1-5(2,3-6)4-9-10(7)8;/h6H,3-4H2,1-2H3;/p+1. The van der Waals surface area contributed by atoms with Crippen LogP contribution in [0.3, 0.4) is 0 Å². The molecule has 0 fully saturated rings. The van der Waals surface area contributed by atoms with Crippen LogP contribution in [0.5, 0.6) is 0 Å². The predicted octanol–water partition coefficient (Wildman–Crippen LogP) is 0.290. The van der Waals surface area contributed by atoms with E-state index in [4.69, 9.17) is 10.00 Å². The van der Waals surface area contributed by atoms with Gasteiger partial charge in [-0.25, -0.2) is 0 Å². The molecule has 11 heavy (non-hydrogen) atoms. The smallest absolute Gasteiger partial charge is 0.396 e. The fraction of sp³-hybridized carbons (Fsp3) is 1.00. The molecule has 0 aliphatic rings. The van der Waals surface area contributed by atoms with Gasteiger partial charge in [0.05, 0.1) is 6.61 Å². The summed E-state index contributed by atoms with van der Waals surface area (Å²) in [5, 5.41) is 8.65. The maximum atomic E-state index is 10.0. The summed E-state index contributed by atoms with van der Waals surface area (Å²) in [5.74, 6) is 0. The van der Waals surface area contributed by atoms with Gasteiger partial charge in [-0.1, -0.05) is 13.8 Å². The van der Waals surface area contributed by atoms with Crippen LogP contribution in [0.25, 0.3) is 0 Å². The minimum Gasteiger partial charge on any atom is -0.396 e. The van der Waals surface area contributed by atoms with Crippen LogP contribution in [0.15, 0.2) is 0 Å². The largest absolute Gasteiger partial charge is 0.694 e. The van der Waals surface area contributed by atoms with Gasteiger partial charge in [-0.05, 0) is 0 Å². The third-order valence-electron chi connectivity index (χ3n) is 0.994. The Labute approximate surface area is 89.2 Å². The van der Waals surface area contributed by atoms with Gasteiger partial charge in [0.15, 0.2) is 0 Å². The van der Waals surface area contributed by atoms with Crippen LogP contribution in [0.1, 0.15) is 13.8 Å². The zero-order chi connectivity index (χ0) is 8.20. The van der Waals surface area contributed by atoms with E-state index in [9.17, 15) is 4.57 Å². The summed E-state index contributed by atoms with van der Waals surface area (Å²) in [7, 11) is -2.53. The molecule has 0 aliphatic heterocycles. The molecule has 1 atom stereocenters. The summed E-state index contributed by atoms with van der Waals surface area (Å²) in [6.07, 6.45) is 0. The van der Waals surface area contributed by atoms with Crippen molar-refractivity contribution in [3.63, 3.8) is 0 Å². The van der Waals surface area contributed by atoms with Gasteiger partial charge >= 0.3 is 8.25 Å². The van der Waals surface area contributed by atoms with Gasteiger partial charge < -0.3 is 5.11 Å². The molecule has 0 saturated heterocycles. The molecule has 0 aromatic rings. The Bertz CT molecular complexity index is 128. The van der Waals surface area contributed by atoms with Crippen molar-refractivity contribution in [1.29, 1.82) is 0 Å². The fourth-order valence-corrected chi connectivity index (χ4v) is 0.736. The van der Waals surface area contributed by atoms with Gasteiger partial charge in [-0.2, -0.15) is 0 Å². The second kappa shape index (κ2) is 6.49. The fourth-order valence-electron chi connectivity index (χ4n) is 0.276. The van der Waals surface area contributed by atoms with E-state index in [1.165, 1.54) is 0 Å².